The minimum atomic E-state index is -5.83. The minimum Gasteiger partial charge on any atom is -0.451 e. The van der Waals surface area contributed by atoms with Crippen molar-refractivity contribution in [1.29, 1.82) is 0 Å². The van der Waals surface area contributed by atoms with Crippen LogP contribution in [0.1, 0.15) is 16.6 Å². The van der Waals surface area contributed by atoms with Crippen LogP contribution in [0.2, 0.25) is 0 Å². The fourth-order valence-corrected chi connectivity index (χ4v) is 7.09. The van der Waals surface area contributed by atoms with Gasteiger partial charge in [-0.2, -0.15) is 13.6 Å². The van der Waals surface area contributed by atoms with Gasteiger partial charge in [0.1, 0.15) is 12.2 Å². The smallest absolute Gasteiger partial charge is 0.451 e. The summed E-state index contributed by atoms with van der Waals surface area (Å²) in [5.41, 5.74) is 10.2. The maximum absolute atomic E-state index is 13.0. The van der Waals surface area contributed by atoms with E-state index < -0.39 is 66.1 Å². The number of hydrogen-bond acceptors (Lipinski definition) is 15. The molecule has 0 radical (unpaired) electrons. The Morgan fingerprint density at radius 3 is 2.50 bits per heavy atom. The lowest BCUT2D eigenvalue weighted by molar-refractivity contribution is -0.0557. The maximum atomic E-state index is 13.0. The highest BCUT2D eigenvalue weighted by atomic mass is 79.9. The van der Waals surface area contributed by atoms with Crippen molar-refractivity contribution in [2.75, 3.05) is 18.1 Å². The van der Waals surface area contributed by atoms with E-state index in [1.807, 2.05) is 0 Å². The van der Waals surface area contributed by atoms with Crippen molar-refractivity contribution in [3.63, 3.8) is 0 Å². The number of nitrogens with zero attached hydrogens (tertiary/aromatic N) is 3. The summed E-state index contributed by atoms with van der Waals surface area (Å²) in [6.45, 7) is -1.10. The lowest BCUT2D eigenvalue weighted by Gasteiger charge is -2.22. The molecule has 42 heavy (non-hydrogen) atoms. The Bertz CT molecular complexity index is 1730. The van der Waals surface area contributed by atoms with Crippen molar-refractivity contribution in [1.82, 2.24) is 19.5 Å². The predicted molar refractivity (Wildman–Crippen MR) is 140 cm³/mol. The van der Waals surface area contributed by atoms with Crippen molar-refractivity contribution < 1.29 is 65.8 Å². The van der Waals surface area contributed by atoms with E-state index in [9.17, 15) is 38.2 Å². The number of nitrogen functional groups attached to an aromatic ring is 2. The first kappa shape index (κ1) is 32.4. The second kappa shape index (κ2) is 11.9. The van der Waals surface area contributed by atoms with Gasteiger partial charge in [-0.15, -0.1) is 0 Å². The van der Waals surface area contributed by atoms with Gasteiger partial charge in [0.05, 0.1) is 18.5 Å². The number of carbonyl (C=O) groups excluding carboxylic acids is 1. The average Bonchev–Trinajstić information content (AvgIpc) is 3.38. The molecule has 1 fully saturated rings. The third-order valence-corrected chi connectivity index (χ3v) is 9.63. The van der Waals surface area contributed by atoms with E-state index in [0.717, 1.165) is 10.9 Å². The molecule has 0 amide bonds. The average molecular weight is 721 g/mol. The number of anilines is 2. The molecule has 0 bridgehead atoms. The molecular formula is C17H20BrN6O15P3. The summed E-state index contributed by atoms with van der Waals surface area (Å²) < 4.78 is 59.1. The summed E-state index contributed by atoms with van der Waals surface area (Å²) in [6.07, 6.45) is -5.68. The molecule has 4 rings (SSSR count). The standard InChI is InChI=1S/C17H20BrN6O15P3/c18-6-1-2-8(19)7(3-6)16(27)37-12-11(25)9(4-35-41(31,32)39-42(33,34)38-40(28,29)30)36-15(12)24-5-21-10-13(24)22-17(20)23-14(10)26/h1-3,5,9,11-12,15,25H,4,19H2,(H,31,32)(H,33,34)(H2,28,29,30)(H3,20,22,23,26). The van der Waals surface area contributed by atoms with E-state index in [0.29, 0.717) is 4.47 Å². The quantitative estimate of drug-likeness (QED) is 0.0768. The number of phosphoric acid groups is 3. The highest BCUT2D eigenvalue weighted by Crippen LogP contribution is 2.66. The molecule has 3 heterocycles. The number of hydrogen-bond donors (Lipinski definition) is 8. The van der Waals surface area contributed by atoms with Crippen LogP contribution in [-0.4, -0.2) is 75.1 Å². The normalized spacial score (nSPS) is 23.9. The van der Waals surface area contributed by atoms with Gasteiger partial charge in [-0.05, 0) is 18.2 Å². The molecule has 1 aromatic carbocycles. The first-order valence-electron chi connectivity index (χ1n) is 11.0. The Balaban J connectivity index is 1.63. The molecule has 6 atom stereocenters. The van der Waals surface area contributed by atoms with Gasteiger partial charge in [-0.1, -0.05) is 15.9 Å². The van der Waals surface area contributed by atoms with Gasteiger partial charge >= 0.3 is 29.4 Å². The SMILES string of the molecule is Nc1nc2c(ncn2C2OC(COP(=O)(O)OP(=O)(O)OP(=O)(O)O)C(O)C2OC(=O)c2cc(Br)ccc2N)c(=O)[nH]1. The van der Waals surface area contributed by atoms with Crippen LogP contribution >= 0.6 is 39.4 Å². The van der Waals surface area contributed by atoms with Crippen LogP contribution < -0.4 is 17.0 Å². The van der Waals surface area contributed by atoms with E-state index in [1.54, 1.807) is 6.07 Å². The zero-order valence-electron chi connectivity index (χ0n) is 20.4. The number of esters is 1. The number of benzene rings is 1. The predicted octanol–water partition coefficient (Wildman–Crippen LogP) is -0.126. The first-order valence-corrected chi connectivity index (χ1v) is 16.3. The molecule has 6 unspecified atom stereocenters. The van der Waals surface area contributed by atoms with Crippen molar-refractivity contribution >= 4 is 68.2 Å². The number of nitrogens with one attached hydrogen (secondary N) is 1. The van der Waals surface area contributed by atoms with Crippen molar-refractivity contribution in [3.8, 4) is 0 Å². The summed E-state index contributed by atoms with van der Waals surface area (Å²) in [4.78, 5) is 71.8. The lowest BCUT2D eigenvalue weighted by Crippen LogP contribution is -2.37. The number of rotatable bonds is 10. The molecule has 2 aromatic heterocycles. The molecule has 0 spiro atoms. The number of aromatic amines is 1. The van der Waals surface area contributed by atoms with Crippen LogP contribution in [0.3, 0.4) is 0 Å². The number of halogens is 1. The molecule has 0 saturated carbocycles. The summed E-state index contributed by atoms with van der Waals surface area (Å²) >= 11 is 3.19. The summed E-state index contributed by atoms with van der Waals surface area (Å²) in [5, 5.41) is 11.0. The van der Waals surface area contributed by atoms with Crippen molar-refractivity contribution in [2.45, 2.75) is 24.5 Å². The number of carbonyl (C=O) groups is 1. The van der Waals surface area contributed by atoms with E-state index in [2.05, 4.69) is 44.0 Å². The van der Waals surface area contributed by atoms with E-state index in [4.69, 9.17) is 30.7 Å². The largest absolute Gasteiger partial charge is 0.490 e. The fourth-order valence-electron chi connectivity index (χ4n) is 3.70. The number of phosphoric ester groups is 1. The molecule has 0 aliphatic carbocycles. The topological polar surface area (TPSA) is 331 Å². The molecule has 3 aromatic rings. The number of aromatic nitrogens is 4. The summed E-state index contributed by atoms with van der Waals surface area (Å²) in [6, 6.07) is 4.27. The molecular weight excluding hydrogens is 701 g/mol. The summed E-state index contributed by atoms with van der Waals surface area (Å²) in [5.74, 6) is -1.37. The Morgan fingerprint density at radius 1 is 1.14 bits per heavy atom. The van der Waals surface area contributed by atoms with E-state index in [1.165, 1.54) is 12.1 Å². The zero-order chi connectivity index (χ0) is 31.2. The van der Waals surface area contributed by atoms with Gasteiger partial charge in [0.25, 0.3) is 5.56 Å². The fraction of sp³-hybridized carbons (Fsp3) is 0.294. The van der Waals surface area contributed by atoms with Gasteiger partial charge in [-0.25, -0.2) is 23.5 Å². The monoisotopic (exact) mass is 720 g/mol. The molecule has 1 saturated heterocycles. The van der Waals surface area contributed by atoms with Crippen LogP contribution in [0.4, 0.5) is 11.6 Å². The van der Waals surface area contributed by atoms with E-state index >= 15 is 0 Å². The van der Waals surface area contributed by atoms with E-state index in [-0.39, 0.29) is 28.4 Å². The zero-order valence-corrected chi connectivity index (χ0v) is 24.6. The molecule has 10 N–H and O–H groups in total. The third kappa shape index (κ3) is 7.50. The highest BCUT2D eigenvalue weighted by molar-refractivity contribution is 9.10. The Morgan fingerprint density at radius 2 is 1.83 bits per heavy atom. The minimum absolute atomic E-state index is 0.00594. The Kier molecular flexibility index (Phi) is 9.13. The maximum Gasteiger partial charge on any atom is 0.490 e. The van der Waals surface area contributed by atoms with Crippen LogP contribution in [0.5, 0.6) is 0 Å². The number of nitrogens with two attached hydrogens (primary N) is 2. The molecule has 25 heteroatoms. The summed E-state index contributed by atoms with van der Waals surface area (Å²) in [7, 11) is -17.1. The number of fused-ring (bicyclic) bond motifs is 1. The number of ether oxygens (including phenoxy) is 2. The third-order valence-electron chi connectivity index (χ3n) is 5.33. The van der Waals surface area contributed by atoms with Gasteiger partial charge in [0, 0.05) is 10.2 Å². The molecule has 230 valence electrons. The lowest BCUT2D eigenvalue weighted by atomic mass is 10.1. The molecule has 21 nitrogen and oxygen atoms in total. The number of imidazole rings is 1. The van der Waals surface area contributed by atoms with Gasteiger partial charge in [0.2, 0.25) is 5.95 Å². The number of aliphatic hydroxyl groups is 1. The Hall–Kier alpha value is -2.55. The van der Waals surface area contributed by atoms with Crippen LogP contribution in [0.15, 0.2) is 33.8 Å². The highest BCUT2D eigenvalue weighted by Gasteiger charge is 2.50. The number of aliphatic hydroxyl groups excluding tert-OH is 1. The molecule has 1 aliphatic rings. The number of H-pyrrole nitrogens is 1. The van der Waals surface area contributed by atoms with Gasteiger partial charge < -0.3 is 45.6 Å². The second-order valence-electron chi connectivity index (χ2n) is 8.32. The van der Waals surface area contributed by atoms with Crippen LogP contribution in [0.25, 0.3) is 11.2 Å². The van der Waals surface area contributed by atoms with Gasteiger partial charge in [0.15, 0.2) is 23.5 Å². The second-order valence-corrected chi connectivity index (χ2v) is 13.7. The van der Waals surface area contributed by atoms with Crippen LogP contribution in [-0.2, 0) is 36.3 Å². The van der Waals surface area contributed by atoms with Gasteiger partial charge in [-0.3, -0.25) is 18.9 Å². The molecule has 1 aliphatic heterocycles. The van der Waals surface area contributed by atoms with Crippen molar-refractivity contribution in [3.05, 3.63) is 44.9 Å². The van der Waals surface area contributed by atoms with Crippen molar-refractivity contribution in [2.24, 2.45) is 0 Å². The first-order chi connectivity index (χ1) is 19.4. The van der Waals surface area contributed by atoms with Crippen LogP contribution in [0, 0.1) is 0 Å². The Labute approximate surface area is 240 Å².